The van der Waals surface area contributed by atoms with Gasteiger partial charge in [-0.05, 0) is 25.3 Å². The minimum absolute atomic E-state index is 0. The van der Waals surface area contributed by atoms with E-state index in [-0.39, 0.29) is 18.3 Å². The predicted molar refractivity (Wildman–Crippen MR) is 107 cm³/mol. The highest BCUT2D eigenvalue weighted by Crippen LogP contribution is 2.28. The summed E-state index contributed by atoms with van der Waals surface area (Å²) in [5, 5.41) is 11.2. The summed E-state index contributed by atoms with van der Waals surface area (Å²) < 4.78 is 1.90. The molecule has 3 heterocycles. The predicted octanol–water partition coefficient (Wildman–Crippen LogP) is 2.41. The van der Waals surface area contributed by atoms with Crippen molar-refractivity contribution in [2.75, 3.05) is 19.6 Å². The monoisotopic (exact) mass is 392 g/mol. The standard InChI is InChI=1S/C19H28N6O.ClH/c26-16(6-5-14-3-1-2-4-14)21-11-12-25-19-18(22-9-10-23-19)17(24-25)15-7-8-20-13-15;/h9-10,14-15,20H,1-8,11-13H2,(H,21,26);1H. The third kappa shape index (κ3) is 4.76. The van der Waals surface area contributed by atoms with Gasteiger partial charge in [-0.3, -0.25) is 4.79 Å². The molecule has 2 fully saturated rings. The van der Waals surface area contributed by atoms with Crippen molar-refractivity contribution in [3.63, 3.8) is 0 Å². The second-order valence-corrected chi connectivity index (χ2v) is 7.57. The molecule has 1 aliphatic heterocycles. The number of nitrogens with one attached hydrogen (secondary N) is 2. The van der Waals surface area contributed by atoms with Gasteiger partial charge in [-0.15, -0.1) is 12.4 Å². The van der Waals surface area contributed by atoms with Crippen molar-refractivity contribution < 1.29 is 4.79 Å². The van der Waals surface area contributed by atoms with Crippen molar-refractivity contribution in [2.24, 2.45) is 5.92 Å². The first-order valence-electron chi connectivity index (χ1n) is 9.96. The summed E-state index contributed by atoms with van der Waals surface area (Å²) in [4.78, 5) is 21.1. The molecule has 0 bridgehead atoms. The Labute approximate surface area is 166 Å². The van der Waals surface area contributed by atoms with Crippen LogP contribution in [0.2, 0.25) is 0 Å². The largest absolute Gasteiger partial charge is 0.354 e. The smallest absolute Gasteiger partial charge is 0.220 e. The Kier molecular flexibility index (Phi) is 7.01. The molecule has 2 aromatic heterocycles. The number of nitrogens with zero attached hydrogens (tertiary/aromatic N) is 4. The summed E-state index contributed by atoms with van der Waals surface area (Å²) in [5.41, 5.74) is 2.74. The molecule has 27 heavy (non-hydrogen) atoms. The van der Waals surface area contributed by atoms with Gasteiger partial charge in [-0.2, -0.15) is 5.10 Å². The van der Waals surface area contributed by atoms with E-state index in [1.54, 1.807) is 12.4 Å². The molecule has 1 unspecified atom stereocenters. The molecule has 2 aromatic rings. The van der Waals surface area contributed by atoms with Gasteiger partial charge < -0.3 is 10.6 Å². The van der Waals surface area contributed by atoms with Crippen LogP contribution in [0.4, 0.5) is 0 Å². The van der Waals surface area contributed by atoms with Crippen LogP contribution in [0.5, 0.6) is 0 Å². The molecule has 1 atom stereocenters. The van der Waals surface area contributed by atoms with E-state index in [1.165, 1.54) is 25.7 Å². The molecule has 0 aromatic carbocycles. The molecule has 7 nitrogen and oxygen atoms in total. The molecule has 0 spiro atoms. The first kappa shape index (κ1) is 20.0. The number of hydrogen-bond acceptors (Lipinski definition) is 5. The minimum Gasteiger partial charge on any atom is -0.354 e. The Hall–Kier alpha value is -1.73. The van der Waals surface area contributed by atoms with Gasteiger partial charge in [-0.1, -0.05) is 25.7 Å². The van der Waals surface area contributed by atoms with Crippen LogP contribution >= 0.6 is 12.4 Å². The number of aromatic nitrogens is 4. The molecule has 2 aliphatic rings. The molecule has 148 valence electrons. The lowest BCUT2D eigenvalue weighted by atomic mass is 10.0. The van der Waals surface area contributed by atoms with Crippen molar-refractivity contribution in [3.05, 3.63) is 18.1 Å². The number of fused-ring (bicyclic) bond motifs is 1. The van der Waals surface area contributed by atoms with Gasteiger partial charge in [0, 0.05) is 37.8 Å². The summed E-state index contributed by atoms with van der Waals surface area (Å²) in [6, 6.07) is 0. The summed E-state index contributed by atoms with van der Waals surface area (Å²) >= 11 is 0. The fraction of sp³-hybridized carbons (Fsp3) is 0.684. The molecule has 1 saturated heterocycles. The zero-order valence-electron chi connectivity index (χ0n) is 15.7. The van der Waals surface area contributed by atoms with E-state index in [2.05, 4.69) is 20.6 Å². The average molecular weight is 393 g/mol. The van der Waals surface area contributed by atoms with Crippen molar-refractivity contribution in [1.29, 1.82) is 0 Å². The van der Waals surface area contributed by atoms with Gasteiger partial charge >= 0.3 is 0 Å². The van der Waals surface area contributed by atoms with Crippen LogP contribution in [0.3, 0.4) is 0 Å². The number of rotatable bonds is 7. The molecule has 8 heteroatoms. The van der Waals surface area contributed by atoms with Crippen LogP contribution in [-0.4, -0.2) is 45.3 Å². The quantitative estimate of drug-likeness (QED) is 0.755. The lowest BCUT2D eigenvalue weighted by molar-refractivity contribution is -0.121. The van der Waals surface area contributed by atoms with E-state index in [0.29, 0.717) is 25.4 Å². The van der Waals surface area contributed by atoms with E-state index >= 15 is 0 Å². The third-order valence-corrected chi connectivity index (χ3v) is 5.74. The molecule has 0 radical (unpaired) electrons. The van der Waals surface area contributed by atoms with E-state index < -0.39 is 0 Å². The van der Waals surface area contributed by atoms with E-state index in [4.69, 9.17) is 5.10 Å². The average Bonchev–Trinajstić information content (AvgIpc) is 3.41. The van der Waals surface area contributed by atoms with Crippen LogP contribution < -0.4 is 10.6 Å². The fourth-order valence-electron chi connectivity index (χ4n) is 4.27. The number of carbonyl (C=O) groups excluding carboxylic acids is 1. The molecular formula is C19H29ClN6O. The second-order valence-electron chi connectivity index (χ2n) is 7.57. The SMILES string of the molecule is Cl.O=C(CCC1CCCC1)NCCn1nc(C2CCNC2)c2nccnc21. The lowest BCUT2D eigenvalue weighted by Gasteiger charge is -2.09. The Balaban J connectivity index is 0.00000210. The van der Waals surface area contributed by atoms with Gasteiger partial charge in [0.2, 0.25) is 5.91 Å². The van der Waals surface area contributed by atoms with Crippen LogP contribution in [0.1, 0.15) is 56.6 Å². The van der Waals surface area contributed by atoms with Crippen molar-refractivity contribution >= 4 is 29.5 Å². The molecular weight excluding hydrogens is 364 g/mol. The van der Waals surface area contributed by atoms with Gasteiger partial charge in [0.25, 0.3) is 0 Å². The molecule has 4 rings (SSSR count). The minimum atomic E-state index is 0. The van der Waals surface area contributed by atoms with E-state index in [9.17, 15) is 4.79 Å². The van der Waals surface area contributed by atoms with Crippen LogP contribution in [0.15, 0.2) is 12.4 Å². The third-order valence-electron chi connectivity index (χ3n) is 5.74. The Morgan fingerprint density at radius 2 is 2.04 bits per heavy atom. The van der Waals surface area contributed by atoms with E-state index in [1.807, 2.05) is 4.68 Å². The Morgan fingerprint density at radius 3 is 2.81 bits per heavy atom. The maximum Gasteiger partial charge on any atom is 0.220 e. The Morgan fingerprint density at radius 1 is 1.22 bits per heavy atom. The Bertz CT molecular complexity index is 752. The lowest BCUT2D eigenvalue weighted by Crippen LogP contribution is -2.27. The maximum atomic E-state index is 12.1. The number of carbonyl (C=O) groups is 1. The topological polar surface area (TPSA) is 84.7 Å². The van der Waals surface area contributed by atoms with Crippen molar-refractivity contribution in [1.82, 2.24) is 30.4 Å². The van der Waals surface area contributed by atoms with Gasteiger partial charge in [-0.25, -0.2) is 14.6 Å². The summed E-state index contributed by atoms with van der Waals surface area (Å²) in [6.07, 6.45) is 11.4. The first-order chi connectivity index (χ1) is 12.8. The fourth-order valence-corrected chi connectivity index (χ4v) is 4.27. The van der Waals surface area contributed by atoms with Crippen LogP contribution in [0, 0.1) is 5.92 Å². The molecule has 1 saturated carbocycles. The van der Waals surface area contributed by atoms with Crippen molar-refractivity contribution in [3.8, 4) is 0 Å². The first-order valence-corrected chi connectivity index (χ1v) is 9.96. The highest BCUT2D eigenvalue weighted by molar-refractivity contribution is 5.85. The van der Waals surface area contributed by atoms with E-state index in [0.717, 1.165) is 48.7 Å². The van der Waals surface area contributed by atoms with Crippen LogP contribution in [-0.2, 0) is 11.3 Å². The second kappa shape index (κ2) is 9.46. The zero-order chi connectivity index (χ0) is 17.8. The zero-order valence-corrected chi connectivity index (χ0v) is 16.5. The highest BCUT2D eigenvalue weighted by atomic mass is 35.5. The number of halogens is 1. The molecule has 1 aliphatic carbocycles. The summed E-state index contributed by atoms with van der Waals surface area (Å²) in [7, 11) is 0. The normalized spacial score (nSPS) is 20.1. The summed E-state index contributed by atoms with van der Waals surface area (Å²) in [5.74, 6) is 1.31. The molecule has 2 N–H and O–H groups in total. The van der Waals surface area contributed by atoms with Gasteiger partial charge in [0.05, 0.1) is 12.2 Å². The number of amides is 1. The van der Waals surface area contributed by atoms with Crippen molar-refractivity contribution in [2.45, 2.75) is 57.4 Å². The highest BCUT2D eigenvalue weighted by Gasteiger charge is 2.24. The van der Waals surface area contributed by atoms with Gasteiger partial charge in [0.1, 0.15) is 5.52 Å². The summed E-state index contributed by atoms with van der Waals surface area (Å²) in [6.45, 7) is 3.18. The van der Waals surface area contributed by atoms with Gasteiger partial charge in [0.15, 0.2) is 5.65 Å². The molecule has 1 amide bonds. The maximum absolute atomic E-state index is 12.1. The number of hydrogen-bond donors (Lipinski definition) is 2. The van der Waals surface area contributed by atoms with Crippen LogP contribution in [0.25, 0.3) is 11.2 Å².